The molecule has 0 bridgehead atoms. The van der Waals surface area contributed by atoms with Gasteiger partial charge in [-0.05, 0) is 20.3 Å². The number of hydrogen-bond acceptors (Lipinski definition) is 2. The maximum atomic E-state index is 8.33. The Morgan fingerprint density at radius 3 is 2.78 bits per heavy atom. The molecule has 0 fully saturated rings. The third-order valence-corrected chi connectivity index (χ3v) is 1.12. The Balaban J connectivity index is 2.99. The number of rotatable bonds is 4. The predicted molar refractivity (Wildman–Crippen MR) is 35.9 cm³/mol. The molecule has 0 rings (SSSR count). The molecule has 52 valence electrons. The summed E-state index contributed by atoms with van der Waals surface area (Å²) in [4.78, 5) is 0. The lowest BCUT2D eigenvalue weighted by Gasteiger charge is -2.00. The van der Waals surface area contributed by atoms with Crippen molar-refractivity contribution < 1.29 is 4.74 Å². The van der Waals surface area contributed by atoms with Crippen LogP contribution in [0.15, 0.2) is 0 Å². The Labute approximate surface area is 56.4 Å². The number of nitriles is 1. The van der Waals surface area contributed by atoms with Gasteiger partial charge in [0.1, 0.15) is 0 Å². The van der Waals surface area contributed by atoms with Crippen molar-refractivity contribution in [3.8, 4) is 6.07 Å². The van der Waals surface area contributed by atoms with Crippen LogP contribution in [-0.2, 0) is 4.74 Å². The van der Waals surface area contributed by atoms with Crippen molar-refractivity contribution in [2.75, 3.05) is 13.2 Å². The van der Waals surface area contributed by atoms with Gasteiger partial charge in [-0.25, -0.2) is 0 Å². The fourth-order valence-electron chi connectivity index (χ4n) is 0.469. The first-order chi connectivity index (χ1) is 4.31. The second-order valence-electron chi connectivity index (χ2n) is 2.02. The average molecular weight is 127 g/mol. The van der Waals surface area contributed by atoms with Gasteiger partial charge in [-0.15, -0.1) is 0 Å². The van der Waals surface area contributed by atoms with E-state index >= 15 is 0 Å². The van der Waals surface area contributed by atoms with E-state index in [9.17, 15) is 0 Å². The average Bonchev–Trinajstić information content (AvgIpc) is 1.89. The smallest absolute Gasteiger partial charge is 0.0653 e. The topological polar surface area (TPSA) is 33.0 Å². The Hall–Kier alpha value is -0.550. The van der Waals surface area contributed by atoms with Crippen LogP contribution in [-0.4, -0.2) is 13.2 Å². The van der Waals surface area contributed by atoms with Gasteiger partial charge in [0.25, 0.3) is 0 Å². The van der Waals surface area contributed by atoms with Crippen LogP contribution in [0.4, 0.5) is 0 Å². The molecule has 0 heterocycles. The van der Waals surface area contributed by atoms with Crippen LogP contribution in [0.25, 0.3) is 0 Å². The molecular formula is C7H13NO. The molecule has 0 spiro atoms. The molecule has 0 N–H and O–H groups in total. The van der Waals surface area contributed by atoms with Crippen molar-refractivity contribution >= 4 is 0 Å². The van der Waals surface area contributed by atoms with E-state index in [1.165, 1.54) is 0 Å². The molecule has 0 aliphatic carbocycles. The summed E-state index contributed by atoms with van der Waals surface area (Å²) in [7, 11) is 0. The second-order valence-corrected chi connectivity index (χ2v) is 2.02. The quantitative estimate of drug-likeness (QED) is 0.537. The molecule has 0 aromatic heterocycles. The molecule has 9 heavy (non-hydrogen) atoms. The summed E-state index contributed by atoms with van der Waals surface area (Å²) >= 11 is 0. The van der Waals surface area contributed by atoms with E-state index in [0.29, 0.717) is 6.61 Å². The third-order valence-electron chi connectivity index (χ3n) is 1.12. The lowest BCUT2D eigenvalue weighted by atomic mass is 10.1. The zero-order chi connectivity index (χ0) is 7.11. The van der Waals surface area contributed by atoms with Crippen LogP contribution in [0.2, 0.25) is 0 Å². The highest BCUT2D eigenvalue weighted by Crippen LogP contribution is 1.98. The number of nitrogens with zero attached hydrogens (tertiary/aromatic N) is 1. The molecule has 0 saturated heterocycles. The highest BCUT2D eigenvalue weighted by atomic mass is 16.5. The van der Waals surface area contributed by atoms with Crippen molar-refractivity contribution in [2.24, 2.45) is 5.92 Å². The molecule has 0 aromatic rings. The first-order valence-corrected chi connectivity index (χ1v) is 3.28. The fraction of sp³-hybridized carbons (Fsp3) is 0.857. The van der Waals surface area contributed by atoms with Gasteiger partial charge in [0, 0.05) is 19.1 Å². The van der Waals surface area contributed by atoms with Crippen LogP contribution >= 0.6 is 0 Å². The first kappa shape index (κ1) is 8.45. The number of ether oxygens (including phenoxy) is 1. The molecule has 0 amide bonds. The molecule has 0 aliphatic rings. The minimum absolute atomic E-state index is 0.136. The first-order valence-electron chi connectivity index (χ1n) is 3.28. The lowest BCUT2D eigenvalue weighted by Crippen LogP contribution is -1.98. The van der Waals surface area contributed by atoms with Crippen molar-refractivity contribution in [1.29, 1.82) is 5.26 Å². The summed E-state index contributed by atoms with van der Waals surface area (Å²) in [6.45, 7) is 5.32. The van der Waals surface area contributed by atoms with E-state index in [0.717, 1.165) is 13.0 Å². The van der Waals surface area contributed by atoms with E-state index in [1.807, 2.05) is 13.8 Å². The van der Waals surface area contributed by atoms with Gasteiger partial charge in [-0.3, -0.25) is 0 Å². The Bertz CT molecular complexity index is 95.6. The summed E-state index contributed by atoms with van der Waals surface area (Å²) in [5.41, 5.74) is 0. The molecule has 0 unspecified atom stereocenters. The normalized spacial score (nSPS) is 12.6. The van der Waals surface area contributed by atoms with Crippen molar-refractivity contribution in [3.63, 3.8) is 0 Å². The summed E-state index contributed by atoms with van der Waals surface area (Å²) in [5, 5.41) is 8.33. The Morgan fingerprint density at radius 2 is 2.33 bits per heavy atom. The molecule has 1 atom stereocenters. The standard InChI is InChI=1S/C7H13NO/c1-3-9-5-4-7(2)6-8/h7H,3-5H2,1-2H3/t7-/m1/s1. The van der Waals surface area contributed by atoms with Gasteiger partial charge in [0.05, 0.1) is 6.07 Å². The van der Waals surface area contributed by atoms with Crippen LogP contribution in [0.5, 0.6) is 0 Å². The van der Waals surface area contributed by atoms with Gasteiger partial charge < -0.3 is 4.74 Å². The zero-order valence-corrected chi connectivity index (χ0v) is 6.05. The maximum Gasteiger partial charge on any atom is 0.0653 e. The largest absolute Gasteiger partial charge is 0.382 e. The van der Waals surface area contributed by atoms with Gasteiger partial charge in [-0.2, -0.15) is 5.26 Å². The van der Waals surface area contributed by atoms with Crippen LogP contribution in [0.3, 0.4) is 0 Å². The summed E-state index contributed by atoms with van der Waals surface area (Å²) in [6, 6.07) is 2.14. The zero-order valence-electron chi connectivity index (χ0n) is 6.05. The van der Waals surface area contributed by atoms with Gasteiger partial charge in [0.2, 0.25) is 0 Å². The monoisotopic (exact) mass is 127 g/mol. The predicted octanol–water partition coefficient (Wildman–Crippen LogP) is 1.57. The van der Waals surface area contributed by atoms with Gasteiger partial charge >= 0.3 is 0 Å². The van der Waals surface area contributed by atoms with E-state index in [2.05, 4.69) is 6.07 Å². The van der Waals surface area contributed by atoms with Crippen molar-refractivity contribution in [2.45, 2.75) is 20.3 Å². The second kappa shape index (κ2) is 5.58. The Kier molecular flexibility index (Phi) is 5.24. The molecule has 0 radical (unpaired) electrons. The fourth-order valence-corrected chi connectivity index (χ4v) is 0.469. The maximum absolute atomic E-state index is 8.33. The van der Waals surface area contributed by atoms with E-state index in [1.54, 1.807) is 0 Å². The van der Waals surface area contributed by atoms with E-state index in [4.69, 9.17) is 10.00 Å². The van der Waals surface area contributed by atoms with Crippen molar-refractivity contribution in [3.05, 3.63) is 0 Å². The van der Waals surface area contributed by atoms with Crippen LogP contribution in [0, 0.1) is 17.2 Å². The molecule has 2 heteroatoms. The van der Waals surface area contributed by atoms with Crippen LogP contribution < -0.4 is 0 Å². The summed E-state index contributed by atoms with van der Waals surface area (Å²) < 4.78 is 5.05. The SMILES string of the molecule is CCOCC[C@@H](C)C#N. The van der Waals surface area contributed by atoms with Gasteiger partial charge in [-0.1, -0.05) is 0 Å². The third kappa shape index (κ3) is 5.32. The summed E-state index contributed by atoms with van der Waals surface area (Å²) in [5.74, 6) is 0.136. The molecule has 0 aliphatic heterocycles. The molecular weight excluding hydrogens is 114 g/mol. The highest BCUT2D eigenvalue weighted by molar-refractivity contribution is 4.77. The number of hydrogen-bond donors (Lipinski definition) is 0. The molecule has 0 aromatic carbocycles. The van der Waals surface area contributed by atoms with Crippen molar-refractivity contribution in [1.82, 2.24) is 0 Å². The molecule has 0 saturated carbocycles. The lowest BCUT2D eigenvalue weighted by molar-refractivity contribution is 0.139. The van der Waals surface area contributed by atoms with E-state index < -0.39 is 0 Å². The van der Waals surface area contributed by atoms with Crippen LogP contribution in [0.1, 0.15) is 20.3 Å². The van der Waals surface area contributed by atoms with E-state index in [-0.39, 0.29) is 5.92 Å². The van der Waals surface area contributed by atoms with Gasteiger partial charge in [0.15, 0.2) is 0 Å². The summed E-state index contributed by atoms with van der Waals surface area (Å²) in [6.07, 6.45) is 0.852. The Morgan fingerprint density at radius 1 is 1.67 bits per heavy atom. The minimum Gasteiger partial charge on any atom is -0.382 e. The minimum atomic E-state index is 0.136. The molecule has 2 nitrogen and oxygen atoms in total. The highest BCUT2D eigenvalue weighted by Gasteiger charge is 1.96.